The molecule has 0 unspecified atom stereocenters. The zero-order valence-corrected chi connectivity index (χ0v) is 9.65. The number of carbonyl (C=O) groups excluding carboxylic acids is 1. The van der Waals surface area contributed by atoms with Crippen molar-refractivity contribution in [2.75, 3.05) is 0 Å². The molecule has 0 aliphatic heterocycles. The lowest BCUT2D eigenvalue weighted by atomic mass is 10.1. The Bertz CT molecular complexity index is 582. The minimum absolute atomic E-state index is 0.00387. The molecule has 0 aliphatic carbocycles. The highest BCUT2D eigenvalue weighted by Crippen LogP contribution is 2.13. The second kappa shape index (κ2) is 5.00. The van der Waals surface area contributed by atoms with Gasteiger partial charge in [0, 0.05) is 18.8 Å². The van der Waals surface area contributed by atoms with Crippen LogP contribution < -0.4 is 0 Å². The zero-order valence-electron chi connectivity index (χ0n) is 9.65. The highest BCUT2D eigenvalue weighted by Gasteiger charge is 2.14. The van der Waals surface area contributed by atoms with Crippen LogP contribution in [0.15, 0.2) is 30.6 Å². The molecule has 1 aromatic carbocycles. The van der Waals surface area contributed by atoms with Crippen LogP contribution in [0.3, 0.4) is 0 Å². The number of ketones is 1. The van der Waals surface area contributed by atoms with Crippen LogP contribution in [-0.2, 0) is 6.42 Å². The van der Waals surface area contributed by atoms with E-state index in [0.29, 0.717) is 0 Å². The fourth-order valence-corrected chi connectivity index (χ4v) is 1.47. The van der Waals surface area contributed by atoms with Crippen molar-refractivity contribution in [1.82, 2.24) is 9.97 Å². The number of nitrogens with zero attached hydrogens (tertiary/aromatic N) is 2. The Balaban J connectivity index is 2.21. The summed E-state index contributed by atoms with van der Waals surface area (Å²) < 4.78 is 26.3. The van der Waals surface area contributed by atoms with E-state index in [1.165, 1.54) is 24.5 Å². The van der Waals surface area contributed by atoms with Crippen molar-refractivity contribution in [3.8, 4) is 0 Å². The molecule has 0 saturated heterocycles. The van der Waals surface area contributed by atoms with Gasteiger partial charge in [0.25, 0.3) is 0 Å². The third-order valence-electron chi connectivity index (χ3n) is 2.41. The third-order valence-corrected chi connectivity index (χ3v) is 2.41. The third kappa shape index (κ3) is 2.56. The fourth-order valence-electron chi connectivity index (χ4n) is 1.47. The first-order valence-corrected chi connectivity index (χ1v) is 5.32. The van der Waals surface area contributed by atoms with E-state index >= 15 is 0 Å². The molecule has 0 N–H and O–H groups in total. The number of rotatable bonds is 3. The van der Waals surface area contributed by atoms with E-state index in [0.717, 1.165) is 11.6 Å². The second-order valence-corrected chi connectivity index (χ2v) is 3.90. The number of halogens is 2. The molecule has 18 heavy (non-hydrogen) atoms. The number of Topliss-reactive ketones (excluding diaryl/α,β-unsaturated/α-hetero) is 1. The molecule has 2 aromatic rings. The molecule has 0 amide bonds. The second-order valence-electron chi connectivity index (χ2n) is 3.90. The first-order chi connectivity index (χ1) is 8.58. The number of carbonyl (C=O) groups is 1. The van der Waals surface area contributed by atoms with Gasteiger partial charge in [0.1, 0.15) is 0 Å². The molecule has 0 bridgehead atoms. The molecule has 0 saturated carbocycles. The Labute approximate surface area is 103 Å². The maximum absolute atomic E-state index is 13.4. The zero-order chi connectivity index (χ0) is 13.1. The van der Waals surface area contributed by atoms with Gasteiger partial charge in [0.2, 0.25) is 5.78 Å². The minimum Gasteiger partial charge on any atom is -0.290 e. The first kappa shape index (κ1) is 12.3. The Kier molecular flexibility index (Phi) is 3.41. The van der Waals surface area contributed by atoms with E-state index in [2.05, 4.69) is 9.97 Å². The molecule has 0 radical (unpaired) electrons. The molecule has 0 aliphatic rings. The van der Waals surface area contributed by atoms with E-state index in [1.807, 2.05) is 0 Å². The summed E-state index contributed by atoms with van der Waals surface area (Å²) >= 11 is 0. The SMILES string of the molecule is Cc1cnc(C(=O)Cc2cccc(F)c2F)nc1. The van der Waals surface area contributed by atoms with Crippen LogP contribution in [0.1, 0.15) is 21.7 Å². The average molecular weight is 248 g/mol. The van der Waals surface area contributed by atoms with Gasteiger partial charge in [0.15, 0.2) is 17.5 Å². The van der Waals surface area contributed by atoms with E-state index in [1.54, 1.807) is 6.92 Å². The number of hydrogen-bond donors (Lipinski definition) is 0. The fraction of sp³-hybridized carbons (Fsp3) is 0.154. The first-order valence-electron chi connectivity index (χ1n) is 5.32. The van der Waals surface area contributed by atoms with Gasteiger partial charge in [0.05, 0.1) is 0 Å². The van der Waals surface area contributed by atoms with Crippen molar-refractivity contribution in [2.24, 2.45) is 0 Å². The molecule has 3 nitrogen and oxygen atoms in total. The molecular weight excluding hydrogens is 238 g/mol. The van der Waals surface area contributed by atoms with Crippen molar-refractivity contribution in [2.45, 2.75) is 13.3 Å². The van der Waals surface area contributed by atoms with Crippen molar-refractivity contribution in [3.63, 3.8) is 0 Å². The lowest BCUT2D eigenvalue weighted by Gasteiger charge is -2.02. The quantitative estimate of drug-likeness (QED) is 0.784. The Morgan fingerprint density at radius 2 is 1.89 bits per heavy atom. The molecule has 0 fully saturated rings. The predicted molar refractivity (Wildman–Crippen MR) is 61.2 cm³/mol. The summed E-state index contributed by atoms with van der Waals surface area (Å²) in [5.74, 6) is -2.41. The van der Waals surface area contributed by atoms with E-state index in [-0.39, 0.29) is 17.8 Å². The lowest BCUT2D eigenvalue weighted by molar-refractivity contribution is 0.0981. The van der Waals surface area contributed by atoms with E-state index in [9.17, 15) is 13.6 Å². The lowest BCUT2D eigenvalue weighted by Crippen LogP contribution is -2.10. The van der Waals surface area contributed by atoms with E-state index < -0.39 is 17.4 Å². The van der Waals surface area contributed by atoms with Crippen molar-refractivity contribution < 1.29 is 13.6 Å². The maximum atomic E-state index is 13.4. The summed E-state index contributed by atoms with van der Waals surface area (Å²) in [6.07, 6.45) is 2.75. The van der Waals surface area contributed by atoms with Crippen LogP contribution in [0.2, 0.25) is 0 Å². The Hall–Kier alpha value is -2.17. The van der Waals surface area contributed by atoms with Gasteiger partial charge >= 0.3 is 0 Å². The van der Waals surface area contributed by atoms with Crippen molar-refractivity contribution in [3.05, 3.63) is 59.2 Å². The number of aromatic nitrogens is 2. The summed E-state index contributed by atoms with van der Waals surface area (Å²) in [7, 11) is 0. The van der Waals surface area contributed by atoms with Crippen LogP contribution in [0.4, 0.5) is 8.78 Å². The van der Waals surface area contributed by atoms with Gasteiger partial charge in [-0.1, -0.05) is 12.1 Å². The van der Waals surface area contributed by atoms with Gasteiger partial charge < -0.3 is 0 Å². The summed E-state index contributed by atoms with van der Waals surface area (Å²) in [5, 5.41) is 0. The largest absolute Gasteiger partial charge is 0.290 e. The van der Waals surface area contributed by atoms with Crippen LogP contribution in [0.5, 0.6) is 0 Å². The van der Waals surface area contributed by atoms with Crippen LogP contribution in [-0.4, -0.2) is 15.8 Å². The van der Waals surface area contributed by atoms with Crippen molar-refractivity contribution in [1.29, 1.82) is 0 Å². The molecule has 5 heteroatoms. The van der Waals surface area contributed by atoms with Gasteiger partial charge in [-0.2, -0.15) is 0 Å². The molecule has 1 heterocycles. The Morgan fingerprint density at radius 3 is 2.56 bits per heavy atom. The van der Waals surface area contributed by atoms with Gasteiger partial charge in [-0.25, -0.2) is 18.7 Å². The molecule has 0 atom stereocenters. The average Bonchev–Trinajstić information content (AvgIpc) is 2.36. The summed E-state index contributed by atoms with van der Waals surface area (Å²) in [6.45, 7) is 1.79. The number of hydrogen-bond acceptors (Lipinski definition) is 3. The van der Waals surface area contributed by atoms with Gasteiger partial charge in [-0.05, 0) is 24.1 Å². The molecule has 92 valence electrons. The highest BCUT2D eigenvalue weighted by molar-refractivity contribution is 5.94. The van der Waals surface area contributed by atoms with Crippen molar-refractivity contribution >= 4 is 5.78 Å². The monoisotopic (exact) mass is 248 g/mol. The van der Waals surface area contributed by atoms with Crippen LogP contribution >= 0.6 is 0 Å². The molecule has 2 rings (SSSR count). The summed E-state index contributed by atoms with van der Waals surface area (Å²) in [6, 6.07) is 3.73. The van der Waals surface area contributed by atoms with Gasteiger partial charge in [-0.3, -0.25) is 4.79 Å². The predicted octanol–water partition coefficient (Wildman–Crippen LogP) is 2.49. The number of aryl methyl sites for hydroxylation is 1. The minimum atomic E-state index is -1.00. The van der Waals surface area contributed by atoms with Crippen LogP contribution in [0.25, 0.3) is 0 Å². The standard InChI is InChI=1S/C13H10F2N2O/c1-8-6-16-13(17-7-8)11(18)5-9-3-2-4-10(14)12(9)15/h2-4,6-7H,5H2,1H3. The highest BCUT2D eigenvalue weighted by atomic mass is 19.2. The molecule has 0 spiro atoms. The molecule has 1 aromatic heterocycles. The van der Waals surface area contributed by atoms with Gasteiger partial charge in [-0.15, -0.1) is 0 Å². The molecular formula is C13H10F2N2O. The van der Waals surface area contributed by atoms with Crippen LogP contribution in [0, 0.1) is 18.6 Å². The number of benzene rings is 1. The van der Waals surface area contributed by atoms with E-state index in [4.69, 9.17) is 0 Å². The normalized spacial score (nSPS) is 10.4. The smallest absolute Gasteiger partial charge is 0.204 e. The maximum Gasteiger partial charge on any atom is 0.204 e. The summed E-state index contributed by atoms with van der Waals surface area (Å²) in [4.78, 5) is 19.5. The topological polar surface area (TPSA) is 42.9 Å². The summed E-state index contributed by atoms with van der Waals surface area (Å²) in [5.41, 5.74) is 0.827. The Morgan fingerprint density at radius 1 is 1.22 bits per heavy atom.